The lowest BCUT2D eigenvalue weighted by Crippen LogP contribution is -2.51. The third-order valence-electron chi connectivity index (χ3n) is 8.61. The molecule has 0 spiro atoms. The summed E-state index contributed by atoms with van der Waals surface area (Å²) in [6.45, 7) is 7.03. The minimum absolute atomic E-state index is 0.0179. The lowest BCUT2D eigenvalue weighted by molar-refractivity contribution is -0.140. The number of carbonyl (C=O) groups excluding carboxylic acids is 4. The second kappa shape index (κ2) is 18.4. The first-order valence-corrected chi connectivity index (χ1v) is 18.3. The number of benzene rings is 2. The Balaban J connectivity index is 1.31. The second-order valence-electron chi connectivity index (χ2n) is 12.7. The first kappa shape index (κ1) is 39.7. The number of ether oxygens (including phenoxy) is 2. The number of amides is 3. The van der Waals surface area contributed by atoms with Crippen molar-refractivity contribution in [3.05, 3.63) is 69.8 Å². The topological polar surface area (TPSA) is 177 Å². The average molecular weight is 742 g/mol. The van der Waals surface area contributed by atoms with Gasteiger partial charge in [-0.1, -0.05) is 26.0 Å². The molecule has 16 heteroatoms. The van der Waals surface area contributed by atoms with Crippen LogP contribution in [0.3, 0.4) is 0 Å². The number of hydrogen-bond acceptors (Lipinski definition) is 10. The number of thioether (sulfide) groups is 1. The molecule has 0 bridgehead atoms. The van der Waals surface area contributed by atoms with E-state index in [2.05, 4.69) is 10.6 Å². The second-order valence-corrected chi connectivity index (χ2v) is 13.7. The number of piperazine rings is 1. The third-order valence-corrected chi connectivity index (χ3v) is 9.25. The molecular formula is C36H44FN5O9S. The summed E-state index contributed by atoms with van der Waals surface area (Å²) in [7, 11) is 0. The van der Waals surface area contributed by atoms with E-state index < -0.39 is 52.8 Å². The highest BCUT2D eigenvalue weighted by Gasteiger charge is 2.28. The van der Waals surface area contributed by atoms with Gasteiger partial charge in [-0.25, -0.2) is 18.8 Å². The first-order chi connectivity index (χ1) is 24.9. The van der Waals surface area contributed by atoms with Crippen LogP contribution in [0.25, 0.3) is 10.9 Å². The van der Waals surface area contributed by atoms with Gasteiger partial charge in [0.15, 0.2) is 0 Å². The van der Waals surface area contributed by atoms with E-state index in [4.69, 9.17) is 9.47 Å². The smallest absolute Gasteiger partial charge is 0.410 e. The van der Waals surface area contributed by atoms with Gasteiger partial charge in [0.05, 0.1) is 11.2 Å². The lowest BCUT2D eigenvalue weighted by atomic mass is 10.0. The molecule has 0 radical (unpaired) electrons. The summed E-state index contributed by atoms with van der Waals surface area (Å²) in [5.74, 6) is -2.20. The monoisotopic (exact) mass is 741 g/mol. The van der Waals surface area contributed by atoms with Gasteiger partial charge < -0.3 is 39.6 Å². The van der Waals surface area contributed by atoms with Crippen molar-refractivity contribution in [1.29, 1.82) is 0 Å². The van der Waals surface area contributed by atoms with Crippen molar-refractivity contribution < 1.29 is 42.9 Å². The van der Waals surface area contributed by atoms with E-state index in [1.54, 1.807) is 40.7 Å². The highest BCUT2D eigenvalue weighted by molar-refractivity contribution is 7.98. The minimum atomic E-state index is -1.38. The molecule has 2 atom stereocenters. The van der Waals surface area contributed by atoms with Crippen LogP contribution >= 0.6 is 11.8 Å². The number of aryl methyl sites for hydroxylation is 1. The number of halogens is 1. The molecule has 52 heavy (non-hydrogen) atoms. The van der Waals surface area contributed by atoms with Gasteiger partial charge in [-0.2, -0.15) is 11.8 Å². The molecule has 3 N–H and O–H groups in total. The molecule has 2 aromatic carbocycles. The van der Waals surface area contributed by atoms with Gasteiger partial charge in [-0.15, -0.1) is 0 Å². The normalized spacial score (nSPS) is 14.1. The maximum absolute atomic E-state index is 15.2. The van der Waals surface area contributed by atoms with Crippen LogP contribution in [0.5, 0.6) is 5.75 Å². The molecule has 1 aromatic heterocycles. The molecule has 1 aliphatic heterocycles. The summed E-state index contributed by atoms with van der Waals surface area (Å²) < 4.78 is 27.9. The molecule has 0 aliphatic carbocycles. The van der Waals surface area contributed by atoms with Gasteiger partial charge in [-0.3, -0.25) is 14.4 Å². The number of nitrogens with one attached hydrogen (secondary N) is 2. The number of esters is 1. The van der Waals surface area contributed by atoms with E-state index in [0.717, 1.165) is 6.07 Å². The third kappa shape index (κ3) is 10.0. The molecule has 1 fully saturated rings. The lowest BCUT2D eigenvalue weighted by Gasteiger charge is -2.35. The SMILES string of the molecule is CCn1cc(C(=O)O)c(=O)c2cc(F)c(N3CCN(C(=O)OCc4ccc(OC(=O)C(CC(C)C)NC(=O)C(CCSC)NC=O)cc4)CC3)cc21. The van der Waals surface area contributed by atoms with Gasteiger partial charge in [0.1, 0.15) is 35.8 Å². The number of pyridine rings is 1. The van der Waals surface area contributed by atoms with Gasteiger partial charge in [-0.05, 0) is 67.5 Å². The fraction of sp³-hybridized carbons (Fsp3) is 0.444. The zero-order valence-corrected chi connectivity index (χ0v) is 30.4. The van der Waals surface area contributed by atoms with Crippen molar-refractivity contribution >= 4 is 58.7 Å². The van der Waals surface area contributed by atoms with Gasteiger partial charge in [0.25, 0.3) is 0 Å². The molecule has 14 nitrogen and oxygen atoms in total. The maximum Gasteiger partial charge on any atom is 0.410 e. The fourth-order valence-electron chi connectivity index (χ4n) is 5.83. The number of hydrogen-bond donors (Lipinski definition) is 3. The zero-order valence-electron chi connectivity index (χ0n) is 29.6. The van der Waals surface area contributed by atoms with Crippen LogP contribution in [-0.2, 0) is 32.3 Å². The number of anilines is 1. The summed E-state index contributed by atoms with van der Waals surface area (Å²) >= 11 is 1.54. The molecule has 1 saturated heterocycles. The van der Waals surface area contributed by atoms with Crippen molar-refractivity contribution in [2.45, 2.75) is 58.8 Å². The molecule has 3 amide bonds. The number of aromatic nitrogens is 1. The molecule has 3 aromatic rings. The molecule has 1 aliphatic rings. The number of fused-ring (bicyclic) bond motifs is 1. The summed E-state index contributed by atoms with van der Waals surface area (Å²) in [4.78, 5) is 77.3. The van der Waals surface area contributed by atoms with Crippen LogP contribution in [0.2, 0.25) is 0 Å². The van der Waals surface area contributed by atoms with E-state index >= 15 is 4.39 Å². The van der Waals surface area contributed by atoms with E-state index in [-0.39, 0.29) is 42.4 Å². The highest BCUT2D eigenvalue weighted by atomic mass is 32.2. The van der Waals surface area contributed by atoms with Gasteiger partial charge in [0, 0.05) is 44.3 Å². The molecule has 280 valence electrons. The van der Waals surface area contributed by atoms with E-state index in [0.29, 0.717) is 55.7 Å². The minimum Gasteiger partial charge on any atom is -0.477 e. The van der Waals surface area contributed by atoms with Crippen LogP contribution < -0.4 is 25.7 Å². The summed E-state index contributed by atoms with van der Waals surface area (Å²) in [6.07, 6.45) is 3.80. The molecule has 4 rings (SSSR count). The predicted octanol–water partition coefficient (Wildman–Crippen LogP) is 3.62. The first-order valence-electron chi connectivity index (χ1n) is 16.9. The number of rotatable bonds is 16. The largest absolute Gasteiger partial charge is 0.477 e. The van der Waals surface area contributed by atoms with Crippen molar-refractivity contribution in [3.8, 4) is 5.75 Å². The summed E-state index contributed by atoms with van der Waals surface area (Å²) in [5, 5.41) is 14.6. The Bertz CT molecular complexity index is 1830. The molecule has 2 unspecified atom stereocenters. The van der Waals surface area contributed by atoms with Crippen LogP contribution in [0, 0.1) is 11.7 Å². The van der Waals surface area contributed by atoms with E-state index in [1.165, 1.54) is 28.9 Å². The molecular weight excluding hydrogens is 697 g/mol. The Kier molecular flexibility index (Phi) is 14.0. The van der Waals surface area contributed by atoms with Crippen molar-refractivity contribution in [2.24, 2.45) is 5.92 Å². The number of aromatic carboxylic acids is 1. The summed E-state index contributed by atoms with van der Waals surface area (Å²) in [6, 6.07) is 7.31. The quantitative estimate of drug-likeness (QED) is 0.111. The fourth-order valence-corrected chi connectivity index (χ4v) is 6.30. The van der Waals surface area contributed by atoms with Crippen LogP contribution in [-0.4, -0.2) is 95.2 Å². The molecule has 0 saturated carbocycles. The van der Waals surface area contributed by atoms with Gasteiger partial charge >= 0.3 is 18.0 Å². The Morgan fingerprint density at radius 1 is 1.06 bits per heavy atom. The Hall–Kier alpha value is -5.12. The maximum atomic E-state index is 15.2. The van der Waals surface area contributed by atoms with Gasteiger partial charge in [0.2, 0.25) is 17.7 Å². The van der Waals surface area contributed by atoms with Crippen LogP contribution in [0.15, 0.2) is 47.4 Å². The molecule has 2 heterocycles. The number of carboxylic acid groups (broad SMARTS) is 1. The Labute approximate surface area is 304 Å². The summed E-state index contributed by atoms with van der Waals surface area (Å²) in [5.41, 5.74) is 0.119. The predicted molar refractivity (Wildman–Crippen MR) is 194 cm³/mol. The van der Waals surface area contributed by atoms with Crippen molar-refractivity contribution in [3.63, 3.8) is 0 Å². The van der Waals surface area contributed by atoms with Crippen molar-refractivity contribution in [2.75, 3.05) is 43.1 Å². The van der Waals surface area contributed by atoms with Crippen molar-refractivity contribution in [1.82, 2.24) is 20.1 Å². The Morgan fingerprint density at radius 3 is 2.35 bits per heavy atom. The average Bonchev–Trinajstić information content (AvgIpc) is 3.12. The highest BCUT2D eigenvalue weighted by Crippen LogP contribution is 2.27. The Morgan fingerprint density at radius 2 is 1.75 bits per heavy atom. The number of carbonyl (C=O) groups is 5. The number of nitrogens with zero attached hydrogens (tertiary/aromatic N) is 3. The van der Waals surface area contributed by atoms with Crippen LogP contribution in [0.1, 0.15) is 49.5 Å². The van der Waals surface area contributed by atoms with Crippen LogP contribution in [0.4, 0.5) is 14.9 Å². The standard InChI is InChI=1S/C36H44FN5O9S/c1-5-40-19-26(34(46)47)32(44)25-17-27(37)31(18-30(25)40)41-11-13-42(14-12-41)36(49)50-20-23-6-8-24(9-7-23)51-35(48)29(16-22(2)3)39-33(45)28(38-21-43)10-15-52-4/h6-9,17-19,21-22,28-29H,5,10-16,20H2,1-4H3,(H,38,43)(H,39,45)(H,46,47). The van der Waals surface area contributed by atoms with E-state index in [1.807, 2.05) is 20.1 Å². The zero-order chi connectivity index (χ0) is 37.9. The number of carboxylic acids is 1. The van der Waals surface area contributed by atoms with E-state index in [9.17, 15) is 33.9 Å².